The minimum Gasteiger partial charge on any atom is -1.00 e. The second kappa shape index (κ2) is 6.32. The fraction of sp³-hybridized carbons (Fsp3) is 0.0625. The second-order valence-electron chi connectivity index (χ2n) is 4.88. The van der Waals surface area contributed by atoms with Crippen molar-refractivity contribution >= 4 is 11.0 Å². The van der Waals surface area contributed by atoms with Gasteiger partial charge in [0.05, 0.1) is 18.7 Å². The predicted octanol–water partition coefficient (Wildman–Crippen LogP) is -0.0785. The minimum absolute atomic E-state index is 0. The van der Waals surface area contributed by atoms with E-state index in [0.29, 0.717) is 0 Å². The topological polar surface area (TPSA) is 122 Å². The molecule has 0 aliphatic rings. The molecule has 3 rings (SSSR count). The zero-order valence-corrected chi connectivity index (χ0v) is 13.9. The van der Waals surface area contributed by atoms with Gasteiger partial charge in [0.25, 0.3) is 0 Å². The standard InChI is InChI=1S/C16H12O7.BrH/c1-22-14-3-7(2-11(19)15(14)21)16-12(20)6-9-10(18)4-8(17)5-13(9)23-16;/h2-6H,1H3,(H4-,17,18,19,20,21);1H. The van der Waals surface area contributed by atoms with Gasteiger partial charge in [-0.3, -0.25) is 0 Å². The van der Waals surface area contributed by atoms with Crippen LogP contribution >= 0.6 is 0 Å². The Hall–Kier alpha value is -2.87. The summed E-state index contributed by atoms with van der Waals surface area (Å²) in [5, 5.41) is 49.0. The molecule has 0 unspecified atom stereocenters. The predicted molar refractivity (Wildman–Crippen MR) is 80.9 cm³/mol. The normalized spacial score (nSPS) is 10.4. The number of rotatable bonds is 2. The molecule has 1 aromatic heterocycles. The average Bonchev–Trinajstić information content (AvgIpc) is 2.50. The molecule has 0 amide bonds. The van der Waals surface area contributed by atoms with Crippen molar-refractivity contribution in [1.82, 2.24) is 0 Å². The van der Waals surface area contributed by atoms with Crippen LogP contribution in [-0.2, 0) is 0 Å². The van der Waals surface area contributed by atoms with Gasteiger partial charge in [0.15, 0.2) is 11.5 Å². The number of halogens is 1. The summed E-state index contributed by atoms with van der Waals surface area (Å²) in [6, 6.07) is 6.20. The van der Waals surface area contributed by atoms with E-state index in [1.807, 2.05) is 0 Å². The highest BCUT2D eigenvalue weighted by Crippen LogP contribution is 2.43. The van der Waals surface area contributed by atoms with Crippen LogP contribution in [0.25, 0.3) is 22.3 Å². The number of benzene rings is 2. The molecule has 0 saturated heterocycles. The smallest absolute Gasteiger partial charge is 0.402 e. The Morgan fingerprint density at radius 3 is 2.21 bits per heavy atom. The first-order valence-electron chi connectivity index (χ1n) is 6.53. The summed E-state index contributed by atoms with van der Waals surface area (Å²) < 4.78 is 10.5. The van der Waals surface area contributed by atoms with E-state index in [0.717, 1.165) is 6.07 Å². The molecule has 5 N–H and O–H groups in total. The largest absolute Gasteiger partial charge is 1.00 e. The van der Waals surface area contributed by atoms with Gasteiger partial charge in [0.1, 0.15) is 16.9 Å². The molecule has 0 aliphatic carbocycles. The van der Waals surface area contributed by atoms with E-state index in [-0.39, 0.29) is 62.3 Å². The first-order valence-corrected chi connectivity index (χ1v) is 6.53. The zero-order valence-electron chi connectivity index (χ0n) is 12.3. The number of methoxy groups -OCH3 is 1. The molecular formula is C16H13BrO7. The maximum Gasteiger partial charge on any atom is 0.402 e. The number of phenolic OH excluding ortho intramolecular Hbond substituents is 4. The molecule has 7 nitrogen and oxygen atoms in total. The van der Waals surface area contributed by atoms with Gasteiger partial charge in [-0.25, -0.2) is 4.42 Å². The number of hydrogen-bond donors (Lipinski definition) is 5. The number of hydrogen-bond acceptors (Lipinski definition) is 6. The Kier molecular flexibility index (Phi) is 4.61. The number of ether oxygens (including phenoxy) is 1. The van der Waals surface area contributed by atoms with Crippen molar-refractivity contribution < 1.29 is 51.7 Å². The highest BCUT2D eigenvalue weighted by Gasteiger charge is 2.26. The van der Waals surface area contributed by atoms with Crippen LogP contribution in [0.2, 0.25) is 0 Å². The van der Waals surface area contributed by atoms with Gasteiger partial charge in [0.2, 0.25) is 11.5 Å². The molecule has 126 valence electrons. The number of phenols is 4. The highest BCUT2D eigenvalue weighted by atomic mass is 79.9. The van der Waals surface area contributed by atoms with Crippen molar-refractivity contribution in [3.63, 3.8) is 0 Å². The Morgan fingerprint density at radius 2 is 1.54 bits per heavy atom. The fourth-order valence-corrected chi connectivity index (χ4v) is 2.28. The zero-order chi connectivity index (χ0) is 16.7. The van der Waals surface area contributed by atoms with Gasteiger partial charge < -0.3 is 47.3 Å². The molecule has 2 aromatic carbocycles. The maximum atomic E-state index is 10.1. The van der Waals surface area contributed by atoms with Gasteiger partial charge in [-0.05, 0) is 0 Å². The van der Waals surface area contributed by atoms with Crippen LogP contribution in [0.4, 0.5) is 0 Å². The summed E-state index contributed by atoms with van der Waals surface area (Å²) >= 11 is 0. The van der Waals surface area contributed by atoms with E-state index < -0.39 is 11.5 Å². The summed E-state index contributed by atoms with van der Waals surface area (Å²) in [6.45, 7) is 0. The summed E-state index contributed by atoms with van der Waals surface area (Å²) in [7, 11) is 1.31. The fourth-order valence-electron chi connectivity index (χ4n) is 2.28. The minimum atomic E-state index is -0.451. The second-order valence-corrected chi connectivity index (χ2v) is 4.88. The van der Waals surface area contributed by atoms with Crippen molar-refractivity contribution in [1.29, 1.82) is 0 Å². The molecule has 0 radical (unpaired) electrons. The van der Waals surface area contributed by atoms with E-state index >= 15 is 0 Å². The number of aromatic hydroxyl groups is 5. The van der Waals surface area contributed by atoms with Gasteiger partial charge >= 0.3 is 11.3 Å². The third-order valence-corrected chi connectivity index (χ3v) is 3.37. The van der Waals surface area contributed by atoms with E-state index in [2.05, 4.69) is 0 Å². The van der Waals surface area contributed by atoms with E-state index in [9.17, 15) is 25.5 Å². The monoisotopic (exact) mass is 396 g/mol. The Morgan fingerprint density at radius 1 is 0.833 bits per heavy atom. The van der Waals surface area contributed by atoms with Crippen LogP contribution in [-0.4, -0.2) is 32.6 Å². The van der Waals surface area contributed by atoms with Crippen molar-refractivity contribution in [3.05, 3.63) is 30.3 Å². The maximum absolute atomic E-state index is 10.1. The summed E-state index contributed by atoms with van der Waals surface area (Å²) in [5.74, 6) is -1.69. The molecule has 24 heavy (non-hydrogen) atoms. The SMILES string of the molecule is COc1cc(-c2[o+]c3cc(O)cc(O)c3cc2O)cc(O)c1O.[Br-]. The van der Waals surface area contributed by atoms with Gasteiger partial charge in [-0.1, -0.05) is 0 Å². The molecule has 0 fully saturated rings. The van der Waals surface area contributed by atoms with Crippen LogP contribution in [0.3, 0.4) is 0 Å². The molecule has 0 aliphatic heterocycles. The van der Waals surface area contributed by atoms with Gasteiger partial charge in [-0.2, -0.15) is 0 Å². The first kappa shape index (κ1) is 17.5. The third kappa shape index (κ3) is 2.83. The third-order valence-electron chi connectivity index (χ3n) is 3.37. The Balaban J connectivity index is 0.00000208. The number of fused-ring (bicyclic) bond motifs is 1. The Labute approximate surface area is 146 Å². The van der Waals surface area contributed by atoms with Crippen LogP contribution in [0.1, 0.15) is 0 Å². The van der Waals surface area contributed by atoms with Crippen molar-refractivity contribution in [2.45, 2.75) is 0 Å². The van der Waals surface area contributed by atoms with Crippen LogP contribution in [0.15, 0.2) is 34.7 Å². The van der Waals surface area contributed by atoms with E-state index in [4.69, 9.17) is 9.15 Å². The lowest BCUT2D eigenvalue weighted by Gasteiger charge is -2.06. The summed E-state index contributed by atoms with van der Waals surface area (Å²) in [5.41, 5.74) is 0.362. The van der Waals surface area contributed by atoms with Gasteiger partial charge in [-0.15, -0.1) is 0 Å². The molecule has 8 heteroatoms. The van der Waals surface area contributed by atoms with Crippen molar-refractivity contribution in [3.8, 4) is 45.8 Å². The average molecular weight is 397 g/mol. The molecular weight excluding hydrogens is 384 g/mol. The molecule has 1 heterocycles. The summed E-state index contributed by atoms with van der Waals surface area (Å²) in [4.78, 5) is 0. The molecule has 0 bridgehead atoms. The molecule has 0 saturated carbocycles. The first-order chi connectivity index (χ1) is 10.9. The van der Waals surface area contributed by atoms with E-state index in [1.165, 1.54) is 31.4 Å². The van der Waals surface area contributed by atoms with Crippen LogP contribution < -0.4 is 21.7 Å². The van der Waals surface area contributed by atoms with Crippen LogP contribution in [0.5, 0.6) is 34.5 Å². The lowest BCUT2D eigenvalue weighted by atomic mass is 10.1. The lowest BCUT2D eigenvalue weighted by molar-refractivity contribution is -0.0000101. The van der Waals surface area contributed by atoms with Crippen molar-refractivity contribution in [2.24, 2.45) is 0 Å². The molecule has 0 atom stereocenters. The quantitative estimate of drug-likeness (QED) is 0.303. The van der Waals surface area contributed by atoms with E-state index in [1.54, 1.807) is 0 Å². The Bertz CT molecular complexity index is 924. The van der Waals surface area contributed by atoms with Crippen molar-refractivity contribution in [2.75, 3.05) is 7.11 Å². The summed E-state index contributed by atoms with van der Waals surface area (Å²) in [6.07, 6.45) is 0. The molecule has 0 spiro atoms. The molecule has 3 aromatic rings. The van der Waals surface area contributed by atoms with Gasteiger partial charge in [0, 0.05) is 24.3 Å². The highest BCUT2D eigenvalue weighted by molar-refractivity contribution is 5.88. The van der Waals surface area contributed by atoms with Crippen LogP contribution in [0, 0.1) is 0 Å². The lowest BCUT2D eigenvalue weighted by Crippen LogP contribution is -3.00.